The molecule has 0 radical (unpaired) electrons. The van der Waals surface area contributed by atoms with Crippen molar-refractivity contribution in [2.45, 2.75) is 31.6 Å². The molecule has 1 fully saturated rings. The van der Waals surface area contributed by atoms with Crippen LogP contribution < -0.4 is 10.1 Å². The zero-order valence-electron chi connectivity index (χ0n) is 12.3. The summed E-state index contributed by atoms with van der Waals surface area (Å²) in [6, 6.07) is 6.59. The Morgan fingerprint density at radius 2 is 2.05 bits per heavy atom. The van der Waals surface area contributed by atoms with Crippen LogP contribution in [-0.2, 0) is 16.6 Å². The fourth-order valence-electron chi connectivity index (χ4n) is 3.03. The minimum atomic E-state index is 0.142. The standard InChI is InChI=1S/C16H25NO2/c1-4-13-5-6-15(18-3)14(11-13)16(12-17-2)7-9-19-10-8-16/h5-6,11,17H,4,7-10,12H2,1-3H3. The van der Waals surface area contributed by atoms with Crippen molar-refractivity contribution in [3.63, 3.8) is 0 Å². The van der Waals surface area contributed by atoms with Crippen molar-refractivity contribution in [1.82, 2.24) is 5.32 Å². The van der Waals surface area contributed by atoms with Gasteiger partial charge >= 0.3 is 0 Å². The second-order valence-corrected chi connectivity index (χ2v) is 5.31. The van der Waals surface area contributed by atoms with E-state index in [1.165, 1.54) is 11.1 Å². The Bertz CT molecular complexity index is 406. The van der Waals surface area contributed by atoms with Crippen molar-refractivity contribution in [1.29, 1.82) is 0 Å². The molecule has 0 atom stereocenters. The van der Waals surface area contributed by atoms with Gasteiger partial charge in [-0.1, -0.05) is 19.1 Å². The molecule has 0 saturated carbocycles. The lowest BCUT2D eigenvalue weighted by atomic mass is 9.73. The van der Waals surface area contributed by atoms with E-state index in [9.17, 15) is 0 Å². The van der Waals surface area contributed by atoms with Crippen LogP contribution in [0.25, 0.3) is 0 Å². The molecule has 1 aliphatic rings. The highest BCUT2D eigenvalue weighted by Crippen LogP contribution is 2.40. The Kier molecular flexibility index (Phi) is 4.83. The first-order valence-corrected chi connectivity index (χ1v) is 7.15. The van der Waals surface area contributed by atoms with Crippen molar-refractivity contribution in [2.75, 3.05) is 33.9 Å². The summed E-state index contributed by atoms with van der Waals surface area (Å²) in [6.45, 7) is 4.84. The molecule has 1 N–H and O–H groups in total. The van der Waals surface area contributed by atoms with Crippen LogP contribution in [-0.4, -0.2) is 33.9 Å². The Balaban J connectivity index is 2.44. The third-order valence-electron chi connectivity index (χ3n) is 4.21. The van der Waals surface area contributed by atoms with Crippen LogP contribution in [0, 0.1) is 0 Å². The van der Waals surface area contributed by atoms with Crippen LogP contribution in [0.15, 0.2) is 18.2 Å². The molecule has 0 spiro atoms. The molecule has 19 heavy (non-hydrogen) atoms. The highest BCUT2D eigenvalue weighted by atomic mass is 16.5. The maximum absolute atomic E-state index is 5.60. The molecule has 0 aromatic heterocycles. The van der Waals surface area contributed by atoms with E-state index in [4.69, 9.17) is 9.47 Å². The summed E-state index contributed by atoms with van der Waals surface area (Å²) in [4.78, 5) is 0. The van der Waals surface area contributed by atoms with Gasteiger partial charge in [-0.15, -0.1) is 0 Å². The zero-order valence-corrected chi connectivity index (χ0v) is 12.3. The van der Waals surface area contributed by atoms with Gasteiger partial charge < -0.3 is 14.8 Å². The Morgan fingerprint density at radius 3 is 2.63 bits per heavy atom. The van der Waals surface area contributed by atoms with E-state index in [0.29, 0.717) is 0 Å². The molecule has 106 valence electrons. The van der Waals surface area contributed by atoms with Crippen LogP contribution in [0.5, 0.6) is 5.75 Å². The first-order chi connectivity index (χ1) is 9.25. The maximum Gasteiger partial charge on any atom is 0.122 e. The first-order valence-electron chi connectivity index (χ1n) is 7.15. The molecule has 1 saturated heterocycles. The summed E-state index contributed by atoms with van der Waals surface area (Å²) in [5, 5.41) is 3.35. The lowest BCUT2D eigenvalue weighted by Gasteiger charge is -2.38. The summed E-state index contributed by atoms with van der Waals surface area (Å²) in [5.74, 6) is 1.01. The number of hydrogen-bond donors (Lipinski definition) is 1. The molecule has 3 heteroatoms. The lowest BCUT2D eigenvalue weighted by Crippen LogP contribution is -2.42. The van der Waals surface area contributed by atoms with Gasteiger partial charge in [0.05, 0.1) is 7.11 Å². The molecule has 0 bridgehead atoms. The largest absolute Gasteiger partial charge is 0.496 e. The molecule has 3 nitrogen and oxygen atoms in total. The lowest BCUT2D eigenvalue weighted by molar-refractivity contribution is 0.0497. The Morgan fingerprint density at radius 1 is 1.32 bits per heavy atom. The van der Waals surface area contributed by atoms with E-state index in [1.54, 1.807) is 7.11 Å². The first kappa shape index (κ1) is 14.4. The highest BCUT2D eigenvalue weighted by Gasteiger charge is 2.36. The van der Waals surface area contributed by atoms with E-state index < -0.39 is 0 Å². The van der Waals surface area contributed by atoms with E-state index >= 15 is 0 Å². The average molecular weight is 263 g/mol. The number of likely N-dealkylation sites (N-methyl/N-ethyl adjacent to an activating group) is 1. The monoisotopic (exact) mass is 263 g/mol. The van der Waals surface area contributed by atoms with Crippen LogP contribution >= 0.6 is 0 Å². The number of benzene rings is 1. The SMILES string of the molecule is CCc1ccc(OC)c(C2(CNC)CCOCC2)c1. The molecule has 0 aliphatic carbocycles. The fraction of sp³-hybridized carbons (Fsp3) is 0.625. The van der Waals surface area contributed by atoms with Crippen molar-refractivity contribution < 1.29 is 9.47 Å². The molecular weight excluding hydrogens is 238 g/mol. The number of rotatable bonds is 5. The second kappa shape index (κ2) is 6.40. The minimum Gasteiger partial charge on any atom is -0.496 e. The predicted molar refractivity (Wildman–Crippen MR) is 78.0 cm³/mol. The molecule has 1 aromatic carbocycles. The van der Waals surface area contributed by atoms with Crippen molar-refractivity contribution in [3.05, 3.63) is 29.3 Å². The van der Waals surface area contributed by atoms with Crippen LogP contribution in [0.1, 0.15) is 30.9 Å². The predicted octanol–water partition coefficient (Wildman–Crippen LogP) is 2.53. The summed E-state index contributed by atoms with van der Waals surface area (Å²) >= 11 is 0. The maximum atomic E-state index is 5.60. The van der Waals surface area contributed by atoms with Gasteiger partial charge in [0.15, 0.2) is 0 Å². The van der Waals surface area contributed by atoms with Gasteiger partial charge in [-0.2, -0.15) is 0 Å². The van der Waals surface area contributed by atoms with Crippen LogP contribution in [0.3, 0.4) is 0 Å². The molecule has 1 heterocycles. The smallest absolute Gasteiger partial charge is 0.122 e. The molecule has 1 aliphatic heterocycles. The van der Waals surface area contributed by atoms with E-state index in [1.807, 2.05) is 7.05 Å². The van der Waals surface area contributed by atoms with Crippen LogP contribution in [0.4, 0.5) is 0 Å². The van der Waals surface area contributed by atoms with E-state index in [2.05, 4.69) is 30.4 Å². The molecule has 1 aromatic rings. The average Bonchev–Trinajstić information content (AvgIpc) is 2.48. The topological polar surface area (TPSA) is 30.5 Å². The Labute approximate surface area is 116 Å². The van der Waals surface area contributed by atoms with Gasteiger partial charge in [-0.25, -0.2) is 0 Å². The fourth-order valence-corrected chi connectivity index (χ4v) is 3.03. The summed E-state index contributed by atoms with van der Waals surface area (Å²) < 4.78 is 11.2. The normalized spacial score (nSPS) is 18.3. The van der Waals surface area contributed by atoms with Crippen molar-refractivity contribution >= 4 is 0 Å². The van der Waals surface area contributed by atoms with Gasteiger partial charge in [-0.05, 0) is 37.9 Å². The van der Waals surface area contributed by atoms with Gasteiger partial charge in [0.25, 0.3) is 0 Å². The van der Waals surface area contributed by atoms with Crippen molar-refractivity contribution in [3.8, 4) is 5.75 Å². The Hall–Kier alpha value is -1.06. The number of ether oxygens (including phenoxy) is 2. The number of nitrogens with one attached hydrogen (secondary N) is 1. The summed E-state index contributed by atoms with van der Waals surface area (Å²) in [7, 11) is 3.78. The van der Waals surface area contributed by atoms with Gasteiger partial charge in [-0.3, -0.25) is 0 Å². The molecule has 2 rings (SSSR count). The summed E-state index contributed by atoms with van der Waals surface area (Å²) in [5.41, 5.74) is 2.86. The van der Waals surface area contributed by atoms with Crippen LogP contribution in [0.2, 0.25) is 0 Å². The number of methoxy groups -OCH3 is 1. The van der Waals surface area contributed by atoms with Gasteiger partial charge in [0.2, 0.25) is 0 Å². The molecular formula is C16H25NO2. The number of hydrogen-bond acceptors (Lipinski definition) is 3. The number of aryl methyl sites for hydroxylation is 1. The quantitative estimate of drug-likeness (QED) is 0.885. The third kappa shape index (κ3) is 2.93. The summed E-state index contributed by atoms with van der Waals surface area (Å²) in [6.07, 6.45) is 3.16. The molecule has 0 unspecified atom stereocenters. The third-order valence-corrected chi connectivity index (χ3v) is 4.21. The van der Waals surface area contributed by atoms with Crippen molar-refractivity contribution in [2.24, 2.45) is 0 Å². The zero-order chi connectivity index (χ0) is 13.7. The minimum absolute atomic E-state index is 0.142. The van der Waals surface area contributed by atoms with Gasteiger partial charge in [0, 0.05) is 30.7 Å². The van der Waals surface area contributed by atoms with E-state index in [-0.39, 0.29) is 5.41 Å². The van der Waals surface area contributed by atoms with Gasteiger partial charge in [0.1, 0.15) is 5.75 Å². The molecule has 0 amide bonds. The highest BCUT2D eigenvalue weighted by molar-refractivity contribution is 5.43. The van der Waals surface area contributed by atoms with E-state index in [0.717, 1.165) is 44.8 Å². The second-order valence-electron chi connectivity index (χ2n) is 5.31.